The molecule has 166 valence electrons. The lowest BCUT2D eigenvalue weighted by Gasteiger charge is -2.35. The molecule has 2 N–H and O–H groups in total. The number of nitrogens with zero attached hydrogens (tertiary/aromatic N) is 1. The van der Waals surface area contributed by atoms with Gasteiger partial charge in [0.25, 0.3) is 11.8 Å². The molecule has 0 radical (unpaired) electrons. The summed E-state index contributed by atoms with van der Waals surface area (Å²) in [6.45, 7) is 7.70. The van der Waals surface area contributed by atoms with E-state index in [9.17, 15) is 14.7 Å². The Labute approximate surface area is 185 Å². The number of carbonyl (C=O) groups is 2. The van der Waals surface area contributed by atoms with Crippen molar-refractivity contribution in [3.8, 4) is 0 Å². The first-order valence-corrected chi connectivity index (χ1v) is 11.2. The minimum Gasteiger partial charge on any atom is -0.396 e. The number of aliphatic hydroxyl groups excluding tert-OH is 1. The van der Waals surface area contributed by atoms with Crippen LogP contribution in [0.5, 0.6) is 0 Å². The van der Waals surface area contributed by atoms with E-state index in [1.807, 2.05) is 53.4 Å². The second-order valence-electron chi connectivity index (χ2n) is 9.37. The summed E-state index contributed by atoms with van der Waals surface area (Å²) < 4.78 is 0. The summed E-state index contributed by atoms with van der Waals surface area (Å²) in [4.78, 5) is 27.3. The Morgan fingerprint density at radius 3 is 2.26 bits per heavy atom. The first-order valence-electron chi connectivity index (χ1n) is 11.2. The summed E-state index contributed by atoms with van der Waals surface area (Å²) in [5.74, 6) is -0.0894. The SMILES string of the molecule is CC(C)(C)c1ccc(C(=O)NCc2ccc(C(=O)N3CCCCC3CCO)cc2)cc1. The van der Waals surface area contributed by atoms with Gasteiger partial charge in [-0.25, -0.2) is 0 Å². The maximum atomic E-state index is 12.9. The topological polar surface area (TPSA) is 69.6 Å². The Hall–Kier alpha value is -2.66. The number of benzene rings is 2. The predicted molar refractivity (Wildman–Crippen MR) is 123 cm³/mol. The molecule has 2 aromatic rings. The average Bonchev–Trinajstić information content (AvgIpc) is 2.77. The van der Waals surface area contributed by atoms with Crippen LogP contribution in [0.3, 0.4) is 0 Å². The molecule has 1 unspecified atom stereocenters. The lowest BCUT2D eigenvalue weighted by Crippen LogP contribution is -2.44. The van der Waals surface area contributed by atoms with Gasteiger partial charge >= 0.3 is 0 Å². The molecule has 1 saturated heterocycles. The van der Waals surface area contributed by atoms with E-state index in [1.54, 1.807) is 0 Å². The maximum absolute atomic E-state index is 12.9. The monoisotopic (exact) mass is 422 g/mol. The summed E-state index contributed by atoms with van der Waals surface area (Å²) in [6, 6.07) is 15.3. The Kier molecular flexibility index (Phi) is 7.50. The third kappa shape index (κ3) is 5.95. The number of carbonyl (C=O) groups excluding carboxylic acids is 2. The van der Waals surface area contributed by atoms with E-state index in [4.69, 9.17) is 0 Å². The molecule has 0 aromatic heterocycles. The standard InChI is InChI=1S/C26H34N2O3/c1-26(2,3)22-13-11-20(12-14-22)24(30)27-18-19-7-9-21(10-8-19)25(31)28-16-5-4-6-23(28)15-17-29/h7-14,23,29H,4-6,15-18H2,1-3H3,(H,27,30). The summed E-state index contributed by atoms with van der Waals surface area (Å²) in [5.41, 5.74) is 3.49. The van der Waals surface area contributed by atoms with Gasteiger partial charge < -0.3 is 15.3 Å². The van der Waals surface area contributed by atoms with Crippen LogP contribution in [0, 0.1) is 0 Å². The number of amides is 2. The van der Waals surface area contributed by atoms with E-state index in [0.717, 1.165) is 31.4 Å². The number of likely N-dealkylation sites (tertiary alicyclic amines) is 1. The number of hydrogen-bond acceptors (Lipinski definition) is 3. The Bertz CT molecular complexity index is 880. The van der Waals surface area contributed by atoms with Gasteiger partial charge in [0.15, 0.2) is 0 Å². The molecule has 1 atom stereocenters. The van der Waals surface area contributed by atoms with Gasteiger partial charge in [-0.15, -0.1) is 0 Å². The molecule has 31 heavy (non-hydrogen) atoms. The molecule has 2 amide bonds. The van der Waals surface area contributed by atoms with Gasteiger partial charge in [-0.05, 0) is 66.5 Å². The number of nitrogens with one attached hydrogen (secondary N) is 1. The van der Waals surface area contributed by atoms with Crippen LogP contribution in [0.2, 0.25) is 0 Å². The zero-order valence-electron chi connectivity index (χ0n) is 18.9. The molecule has 3 rings (SSSR count). The molecule has 1 fully saturated rings. The van der Waals surface area contributed by atoms with E-state index < -0.39 is 0 Å². The molecule has 2 aromatic carbocycles. The largest absolute Gasteiger partial charge is 0.396 e. The quantitative estimate of drug-likeness (QED) is 0.730. The van der Waals surface area contributed by atoms with E-state index in [2.05, 4.69) is 26.1 Å². The van der Waals surface area contributed by atoms with Gasteiger partial charge in [-0.2, -0.15) is 0 Å². The van der Waals surface area contributed by atoms with Crippen LogP contribution < -0.4 is 5.32 Å². The summed E-state index contributed by atoms with van der Waals surface area (Å²) in [7, 11) is 0. The molecule has 1 aliphatic heterocycles. The predicted octanol–water partition coefficient (Wildman–Crippen LogP) is 4.29. The minimum absolute atomic E-state index is 0.0210. The van der Waals surface area contributed by atoms with Crippen molar-refractivity contribution in [1.29, 1.82) is 0 Å². The Morgan fingerprint density at radius 1 is 1.00 bits per heavy atom. The van der Waals surface area contributed by atoms with Gasteiger partial charge in [-0.3, -0.25) is 9.59 Å². The zero-order chi connectivity index (χ0) is 22.4. The third-order valence-electron chi connectivity index (χ3n) is 6.02. The van der Waals surface area contributed by atoms with E-state index in [1.165, 1.54) is 5.56 Å². The number of rotatable bonds is 6. The van der Waals surface area contributed by atoms with E-state index in [-0.39, 0.29) is 29.9 Å². The first kappa shape index (κ1) is 23.0. The van der Waals surface area contributed by atoms with Crippen molar-refractivity contribution in [2.24, 2.45) is 0 Å². The van der Waals surface area contributed by atoms with Gasteiger partial charge in [0.05, 0.1) is 0 Å². The number of aliphatic hydroxyl groups is 1. The molecule has 0 spiro atoms. The van der Waals surface area contributed by atoms with E-state index in [0.29, 0.717) is 24.1 Å². The van der Waals surface area contributed by atoms with Crippen molar-refractivity contribution in [1.82, 2.24) is 10.2 Å². The second kappa shape index (κ2) is 10.1. The molecule has 0 bridgehead atoms. The molecule has 1 aliphatic rings. The van der Waals surface area contributed by atoms with Crippen LogP contribution in [0.15, 0.2) is 48.5 Å². The fourth-order valence-electron chi connectivity index (χ4n) is 4.05. The summed E-state index contributed by atoms with van der Waals surface area (Å²) in [5, 5.41) is 12.2. The van der Waals surface area contributed by atoms with E-state index >= 15 is 0 Å². The highest BCUT2D eigenvalue weighted by atomic mass is 16.3. The van der Waals surface area contributed by atoms with Crippen molar-refractivity contribution < 1.29 is 14.7 Å². The van der Waals surface area contributed by atoms with Crippen molar-refractivity contribution in [2.75, 3.05) is 13.2 Å². The lowest BCUT2D eigenvalue weighted by molar-refractivity contribution is 0.0574. The van der Waals surface area contributed by atoms with Gasteiger partial charge in [-0.1, -0.05) is 45.0 Å². The number of hydrogen-bond donors (Lipinski definition) is 2. The summed E-state index contributed by atoms with van der Waals surface area (Å²) >= 11 is 0. The second-order valence-corrected chi connectivity index (χ2v) is 9.37. The van der Waals surface area contributed by atoms with Gasteiger partial charge in [0, 0.05) is 36.9 Å². The zero-order valence-corrected chi connectivity index (χ0v) is 18.9. The molecular weight excluding hydrogens is 388 g/mol. The lowest BCUT2D eigenvalue weighted by atomic mass is 9.87. The fourth-order valence-corrected chi connectivity index (χ4v) is 4.05. The number of piperidine rings is 1. The highest BCUT2D eigenvalue weighted by Gasteiger charge is 2.26. The molecule has 5 nitrogen and oxygen atoms in total. The summed E-state index contributed by atoms with van der Waals surface area (Å²) in [6.07, 6.45) is 3.69. The fraction of sp³-hybridized carbons (Fsp3) is 0.462. The molecule has 0 aliphatic carbocycles. The van der Waals surface area contributed by atoms with Crippen molar-refractivity contribution in [3.05, 3.63) is 70.8 Å². The molecule has 1 heterocycles. The Morgan fingerprint density at radius 2 is 1.65 bits per heavy atom. The van der Waals surface area contributed by atoms with Crippen LogP contribution in [0.1, 0.15) is 78.3 Å². The van der Waals surface area contributed by atoms with Crippen LogP contribution >= 0.6 is 0 Å². The smallest absolute Gasteiger partial charge is 0.254 e. The molecule has 0 saturated carbocycles. The normalized spacial score (nSPS) is 16.8. The first-order chi connectivity index (χ1) is 14.8. The van der Waals surface area contributed by atoms with Gasteiger partial charge in [0.1, 0.15) is 0 Å². The Balaban J connectivity index is 1.58. The van der Waals surface area contributed by atoms with Crippen LogP contribution in [-0.4, -0.2) is 41.0 Å². The highest BCUT2D eigenvalue weighted by Crippen LogP contribution is 2.23. The van der Waals surface area contributed by atoms with Crippen molar-refractivity contribution in [3.63, 3.8) is 0 Å². The highest BCUT2D eigenvalue weighted by molar-refractivity contribution is 5.95. The van der Waals surface area contributed by atoms with Crippen LogP contribution in [0.4, 0.5) is 0 Å². The third-order valence-corrected chi connectivity index (χ3v) is 6.02. The maximum Gasteiger partial charge on any atom is 0.254 e. The average molecular weight is 423 g/mol. The minimum atomic E-state index is -0.110. The van der Waals surface area contributed by atoms with Crippen LogP contribution in [0.25, 0.3) is 0 Å². The van der Waals surface area contributed by atoms with Crippen LogP contribution in [-0.2, 0) is 12.0 Å². The molecular formula is C26H34N2O3. The molecule has 5 heteroatoms. The van der Waals surface area contributed by atoms with Crippen molar-refractivity contribution in [2.45, 2.75) is 64.5 Å². The van der Waals surface area contributed by atoms with Crippen molar-refractivity contribution >= 4 is 11.8 Å². The van der Waals surface area contributed by atoms with Gasteiger partial charge in [0.2, 0.25) is 0 Å².